The molecule has 2 aliphatic carbocycles. The highest BCUT2D eigenvalue weighted by Crippen LogP contribution is 2.54. The van der Waals surface area contributed by atoms with Gasteiger partial charge in [0.25, 0.3) is 0 Å². The Hall–Kier alpha value is -2.42. The Bertz CT molecular complexity index is 1010. The molecule has 164 valence electrons. The number of rotatable bonds is 4. The molecular formula is C22H30N8O. The summed E-state index contributed by atoms with van der Waals surface area (Å²) >= 11 is 0. The van der Waals surface area contributed by atoms with E-state index in [1.807, 2.05) is 24.3 Å². The highest BCUT2D eigenvalue weighted by molar-refractivity contribution is 5.77. The van der Waals surface area contributed by atoms with E-state index in [2.05, 4.69) is 35.5 Å². The van der Waals surface area contributed by atoms with Gasteiger partial charge in [-0.1, -0.05) is 0 Å². The fourth-order valence-corrected chi connectivity index (χ4v) is 6.38. The van der Waals surface area contributed by atoms with Crippen molar-refractivity contribution in [3.05, 3.63) is 30.1 Å². The van der Waals surface area contributed by atoms with Gasteiger partial charge >= 0.3 is 6.03 Å². The van der Waals surface area contributed by atoms with Crippen molar-refractivity contribution < 1.29 is 4.79 Å². The van der Waals surface area contributed by atoms with Gasteiger partial charge in [0.15, 0.2) is 5.82 Å². The number of aryl methyl sites for hydroxylation is 1. The Morgan fingerprint density at radius 2 is 1.77 bits per heavy atom. The summed E-state index contributed by atoms with van der Waals surface area (Å²) in [6.45, 7) is 6.81. The van der Waals surface area contributed by atoms with Crippen LogP contribution in [-0.4, -0.2) is 84.5 Å². The van der Waals surface area contributed by atoms with Crippen molar-refractivity contribution in [3.8, 4) is 0 Å². The smallest absolute Gasteiger partial charge is 0.320 e. The van der Waals surface area contributed by atoms with E-state index in [1.165, 1.54) is 18.5 Å². The van der Waals surface area contributed by atoms with E-state index in [4.69, 9.17) is 5.10 Å². The summed E-state index contributed by atoms with van der Waals surface area (Å²) in [4.78, 5) is 24.0. The third-order valence-electron chi connectivity index (χ3n) is 8.25. The van der Waals surface area contributed by atoms with Crippen LogP contribution in [-0.2, 0) is 13.6 Å². The zero-order valence-electron chi connectivity index (χ0n) is 18.2. The van der Waals surface area contributed by atoms with Crippen LogP contribution in [0.25, 0.3) is 0 Å². The Balaban J connectivity index is 0.861. The van der Waals surface area contributed by atoms with Gasteiger partial charge in [-0.25, -0.2) is 14.5 Å². The highest BCUT2D eigenvalue weighted by atomic mass is 16.2. The fraction of sp³-hybridized carbons (Fsp3) is 0.727. The van der Waals surface area contributed by atoms with Gasteiger partial charge in [-0.2, -0.15) is 10.2 Å². The maximum atomic E-state index is 12.9. The maximum absolute atomic E-state index is 12.9. The third-order valence-corrected chi connectivity index (χ3v) is 8.25. The van der Waals surface area contributed by atoms with Crippen LogP contribution in [0.4, 0.5) is 4.79 Å². The molecule has 0 aromatic carbocycles. The molecule has 9 heteroatoms. The molecular weight excluding hydrogens is 392 g/mol. The molecule has 2 saturated carbocycles. The Morgan fingerprint density at radius 3 is 2.42 bits per heavy atom. The van der Waals surface area contributed by atoms with Gasteiger partial charge in [0.2, 0.25) is 0 Å². The number of amides is 2. The van der Waals surface area contributed by atoms with Gasteiger partial charge in [0.05, 0.1) is 11.7 Å². The number of carbonyl (C=O) groups excluding carboxylic acids is 1. The molecule has 0 bridgehead atoms. The first kappa shape index (κ1) is 18.2. The molecule has 0 radical (unpaired) electrons. The molecule has 2 amide bonds. The lowest BCUT2D eigenvalue weighted by atomic mass is 9.60. The number of carbonyl (C=O) groups is 1. The lowest BCUT2D eigenvalue weighted by molar-refractivity contribution is -0.120. The number of urea groups is 1. The Labute approximate surface area is 182 Å². The van der Waals surface area contributed by atoms with Crippen LogP contribution >= 0.6 is 0 Å². The molecule has 0 unspecified atom stereocenters. The van der Waals surface area contributed by atoms with Crippen LogP contribution in [0.5, 0.6) is 0 Å². The van der Waals surface area contributed by atoms with Crippen LogP contribution in [0.1, 0.15) is 49.2 Å². The molecule has 5 aliphatic rings. The highest BCUT2D eigenvalue weighted by Gasteiger charge is 2.58. The van der Waals surface area contributed by atoms with Crippen molar-refractivity contribution >= 4 is 6.03 Å². The normalized spacial score (nSPS) is 26.5. The van der Waals surface area contributed by atoms with Crippen molar-refractivity contribution in [2.45, 2.75) is 44.2 Å². The molecule has 2 spiro atoms. The minimum absolute atomic E-state index is 0.251. The molecule has 5 heterocycles. The Kier molecular flexibility index (Phi) is 3.57. The first-order valence-electron chi connectivity index (χ1n) is 11.6. The molecule has 0 atom stereocenters. The average Bonchev–Trinajstić information content (AvgIpc) is 3.22. The van der Waals surface area contributed by atoms with Gasteiger partial charge in [-0.05, 0) is 31.7 Å². The zero-order valence-corrected chi connectivity index (χ0v) is 18.2. The van der Waals surface area contributed by atoms with Crippen LogP contribution < -0.4 is 0 Å². The van der Waals surface area contributed by atoms with Crippen molar-refractivity contribution in [2.24, 2.45) is 17.9 Å². The molecule has 0 N–H and O–H groups in total. The fourth-order valence-electron chi connectivity index (χ4n) is 6.38. The number of nitrogens with zero attached hydrogens (tertiary/aromatic N) is 8. The predicted octanol–water partition coefficient (Wildman–Crippen LogP) is 1.46. The Morgan fingerprint density at radius 1 is 1.06 bits per heavy atom. The summed E-state index contributed by atoms with van der Waals surface area (Å²) in [5, 5.41) is 8.95. The van der Waals surface area contributed by atoms with Crippen LogP contribution in [0.15, 0.2) is 18.6 Å². The quantitative estimate of drug-likeness (QED) is 0.746. The van der Waals surface area contributed by atoms with Gasteiger partial charge < -0.3 is 9.80 Å². The second-order valence-electron chi connectivity index (χ2n) is 11.0. The first-order valence-corrected chi connectivity index (χ1v) is 11.6. The van der Waals surface area contributed by atoms with E-state index in [0.717, 1.165) is 64.5 Å². The SMILES string of the molecule is Cn1nccc1CN1CC2(C1)CN(C(=O)N1CC3(CC(n4cnc(C5CC5)n4)C3)C1)C2. The third kappa shape index (κ3) is 2.85. The van der Waals surface area contributed by atoms with Crippen molar-refractivity contribution in [1.29, 1.82) is 0 Å². The molecule has 2 aromatic heterocycles. The maximum Gasteiger partial charge on any atom is 0.320 e. The summed E-state index contributed by atoms with van der Waals surface area (Å²) in [5.41, 5.74) is 1.93. The molecule has 3 saturated heterocycles. The summed E-state index contributed by atoms with van der Waals surface area (Å²) in [7, 11) is 2.00. The summed E-state index contributed by atoms with van der Waals surface area (Å²) in [6.07, 6.45) is 8.54. The van der Waals surface area contributed by atoms with E-state index in [9.17, 15) is 4.79 Å². The number of aromatic nitrogens is 5. The molecule has 3 aliphatic heterocycles. The number of hydrogen-bond acceptors (Lipinski definition) is 5. The van der Waals surface area contributed by atoms with Crippen LogP contribution in [0, 0.1) is 10.8 Å². The monoisotopic (exact) mass is 422 g/mol. The first-order chi connectivity index (χ1) is 15.0. The van der Waals surface area contributed by atoms with E-state index in [1.54, 1.807) is 0 Å². The van der Waals surface area contributed by atoms with E-state index in [0.29, 0.717) is 22.8 Å². The second kappa shape index (κ2) is 6.09. The second-order valence-corrected chi connectivity index (χ2v) is 11.0. The van der Waals surface area contributed by atoms with Crippen LogP contribution in [0.3, 0.4) is 0 Å². The van der Waals surface area contributed by atoms with Gasteiger partial charge in [-0.3, -0.25) is 9.58 Å². The minimum atomic E-state index is 0.251. The number of hydrogen-bond donors (Lipinski definition) is 0. The molecule has 5 fully saturated rings. The molecule has 7 rings (SSSR count). The molecule has 31 heavy (non-hydrogen) atoms. The van der Waals surface area contributed by atoms with E-state index < -0.39 is 0 Å². The predicted molar refractivity (Wildman–Crippen MR) is 112 cm³/mol. The number of likely N-dealkylation sites (tertiary alicyclic amines) is 3. The van der Waals surface area contributed by atoms with E-state index >= 15 is 0 Å². The van der Waals surface area contributed by atoms with Gasteiger partial charge in [0.1, 0.15) is 6.33 Å². The average molecular weight is 423 g/mol. The lowest BCUT2D eigenvalue weighted by Crippen LogP contribution is -2.75. The minimum Gasteiger partial charge on any atom is -0.323 e. The van der Waals surface area contributed by atoms with Crippen LogP contribution in [0.2, 0.25) is 0 Å². The molecule has 9 nitrogen and oxygen atoms in total. The molecule has 2 aromatic rings. The summed E-state index contributed by atoms with van der Waals surface area (Å²) < 4.78 is 4.03. The standard InChI is InChI=1S/C22H30N8O/c1-26-17(4-5-24-26)8-27-9-22(10-27)13-29(14-22)20(31)28-11-21(12-28)6-18(7-21)30-15-23-19(25-30)16-2-3-16/h4-5,15-16,18H,2-3,6-14H2,1H3. The van der Waals surface area contributed by atoms with Gasteiger partial charge in [-0.15, -0.1) is 0 Å². The van der Waals surface area contributed by atoms with Crippen molar-refractivity contribution in [1.82, 2.24) is 39.2 Å². The summed E-state index contributed by atoms with van der Waals surface area (Å²) in [6, 6.07) is 2.81. The summed E-state index contributed by atoms with van der Waals surface area (Å²) in [5.74, 6) is 1.65. The van der Waals surface area contributed by atoms with Crippen molar-refractivity contribution in [3.63, 3.8) is 0 Å². The van der Waals surface area contributed by atoms with Crippen molar-refractivity contribution in [2.75, 3.05) is 39.3 Å². The van der Waals surface area contributed by atoms with E-state index in [-0.39, 0.29) is 6.03 Å². The van der Waals surface area contributed by atoms with Gasteiger partial charge in [0, 0.05) is 75.8 Å². The lowest BCUT2D eigenvalue weighted by Gasteiger charge is -2.63. The zero-order chi connectivity index (χ0) is 20.8. The topological polar surface area (TPSA) is 75.3 Å². The largest absolute Gasteiger partial charge is 0.323 e.